The highest BCUT2D eigenvalue weighted by atomic mass is 16.4. The Hall–Kier alpha value is -2.43. The molecule has 0 unspecified atom stereocenters. The Balaban J connectivity index is 1.76. The molecule has 1 aliphatic rings. The van der Waals surface area contributed by atoms with Gasteiger partial charge in [0.2, 0.25) is 0 Å². The van der Waals surface area contributed by atoms with Gasteiger partial charge in [-0.1, -0.05) is 24.3 Å². The molecule has 0 bridgehead atoms. The largest absolute Gasteiger partial charge is 0.476 e. The van der Waals surface area contributed by atoms with Crippen LogP contribution >= 0.6 is 0 Å². The zero-order valence-corrected chi connectivity index (χ0v) is 11.7. The van der Waals surface area contributed by atoms with Gasteiger partial charge in [0.1, 0.15) is 5.82 Å². The van der Waals surface area contributed by atoms with E-state index in [2.05, 4.69) is 39.1 Å². The maximum atomic E-state index is 10.8. The monoisotopic (exact) mass is 283 g/mol. The van der Waals surface area contributed by atoms with Crippen LogP contribution in [0.4, 0.5) is 5.82 Å². The number of aromatic carboxylic acids is 1. The normalized spacial score (nSPS) is 15.0. The number of hydrogen-bond acceptors (Lipinski definition) is 4. The van der Waals surface area contributed by atoms with Gasteiger partial charge in [0.25, 0.3) is 0 Å². The molecular formula is C16H17N3O2. The lowest BCUT2D eigenvalue weighted by Crippen LogP contribution is -2.30. The van der Waals surface area contributed by atoms with Crippen LogP contribution in [-0.4, -0.2) is 34.1 Å². The molecule has 5 heteroatoms. The van der Waals surface area contributed by atoms with Gasteiger partial charge in [-0.15, -0.1) is 0 Å². The molecule has 0 atom stereocenters. The molecule has 2 heterocycles. The van der Waals surface area contributed by atoms with E-state index in [9.17, 15) is 4.79 Å². The second-order valence-corrected chi connectivity index (χ2v) is 5.17. The molecule has 1 aliphatic heterocycles. The predicted octanol–water partition coefficient (Wildman–Crippen LogP) is 2.17. The summed E-state index contributed by atoms with van der Waals surface area (Å²) in [4.78, 5) is 21.2. The molecule has 0 aliphatic carbocycles. The van der Waals surface area contributed by atoms with E-state index in [1.54, 1.807) is 6.20 Å². The molecule has 2 aromatic rings. The molecular weight excluding hydrogens is 266 g/mol. The Bertz CT molecular complexity index is 640. The smallest absolute Gasteiger partial charge is 0.356 e. The molecule has 0 saturated carbocycles. The van der Waals surface area contributed by atoms with Gasteiger partial charge >= 0.3 is 5.97 Å². The molecule has 21 heavy (non-hydrogen) atoms. The molecule has 1 aromatic heterocycles. The summed E-state index contributed by atoms with van der Waals surface area (Å²) in [6.07, 6.45) is 5.96. The summed E-state index contributed by atoms with van der Waals surface area (Å²) in [5, 5.41) is 8.86. The lowest BCUT2D eigenvalue weighted by molar-refractivity contribution is 0.0690. The summed E-state index contributed by atoms with van der Waals surface area (Å²) in [7, 11) is 0. The number of aromatic nitrogens is 2. The number of carboxylic acid groups (broad SMARTS) is 1. The Kier molecular flexibility index (Phi) is 3.81. The standard InChI is InChI=1S/C16H17N3O2/c20-16(21)14-10-18-15(11-17-14)19-8-3-6-12-4-1-2-5-13(12)7-9-19/h1-2,4-5,10-11H,3,6-9H2,(H,20,21). The molecule has 0 fully saturated rings. The van der Waals surface area contributed by atoms with E-state index in [0.717, 1.165) is 38.2 Å². The van der Waals surface area contributed by atoms with Crippen molar-refractivity contribution < 1.29 is 9.90 Å². The minimum absolute atomic E-state index is 0.0175. The van der Waals surface area contributed by atoms with Crippen molar-refractivity contribution in [2.24, 2.45) is 0 Å². The summed E-state index contributed by atoms with van der Waals surface area (Å²) in [6, 6.07) is 8.55. The van der Waals surface area contributed by atoms with Gasteiger partial charge in [-0.05, 0) is 30.4 Å². The van der Waals surface area contributed by atoms with E-state index in [0.29, 0.717) is 0 Å². The Morgan fingerprint density at radius 3 is 2.48 bits per heavy atom. The second kappa shape index (κ2) is 5.91. The van der Waals surface area contributed by atoms with Crippen LogP contribution in [0.1, 0.15) is 28.0 Å². The highest BCUT2D eigenvalue weighted by molar-refractivity contribution is 5.84. The van der Waals surface area contributed by atoms with Crippen LogP contribution in [0.2, 0.25) is 0 Å². The Labute approximate surface area is 123 Å². The highest BCUT2D eigenvalue weighted by Gasteiger charge is 2.14. The number of carbonyl (C=O) groups is 1. The van der Waals surface area contributed by atoms with Gasteiger partial charge < -0.3 is 10.0 Å². The van der Waals surface area contributed by atoms with Crippen molar-refractivity contribution >= 4 is 11.8 Å². The Morgan fingerprint density at radius 1 is 1.05 bits per heavy atom. The van der Waals surface area contributed by atoms with Crippen LogP contribution in [0.25, 0.3) is 0 Å². The lowest BCUT2D eigenvalue weighted by Gasteiger charge is -2.26. The van der Waals surface area contributed by atoms with Gasteiger partial charge in [0, 0.05) is 13.1 Å². The molecule has 5 nitrogen and oxygen atoms in total. The van der Waals surface area contributed by atoms with E-state index < -0.39 is 5.97 Å². The summed E-state index contributed by atoms with van der Waals surface area (Å²) in [6.45, 7) is 1.79. The number of rotatable bonds is 2. The third-order valence-corrected chi connectivity index (χ3v) is 3.82. The predicted molar refractivity (Wildman–Crippen MR) is 79.7 cm³/mol. The van der Waals surface area contributed by atoms with E-state index in [-0.39, 0.29) is 5.69 Å². The number of hydrogen-bond donors (Lipinski definition) is 1. The summed E-state index contributed by atoms with van der Waals surface area (Å²) >= 11 is 0. The van der Waals surface area contributed by atoms with Gasteiger partial charge in [-0.3, -0.25) is 0 Å². The van der Waals surface area contributed by atoms with Gasteiger partial charge in [-0.25, -0.2) is 14.8 Å². The first-order valence-corrected chi connectivity index (χ1v) is 7.11. The molecule has 1 N–H and O–H groups in total. The summed E-state index contributed by atoms with van der Waals surface area (Å²) in [5.74, 6) is -0.296. The zero-order valence-electron chi connectivity index (χ0n) is 11.7. The van der Waals surface area contributed by atoms with Crippen molar-refractivity contribution in [1.29, 1.82) is 0 Å². The maximum Gasteiger partial charge on any atom is 0.356 e. The lowest BCUT2D eigenvalue weighted by atomic mass is 9.98. The first kappa shape index (κ1) is 13.5. The minimum atomic E-state index is -1.05. The minimum Gasteiger partial charge on any atom is -0.476 e. The van der Waals surface area contributed by atoms with Gasteiger partial charge in [-0.2, -0.15) is 0 Å². The molecule has 108 valence electrons. The van der Waals surface area contributed by atoms with Crippen molar-refractivity contribution in [3.05, 3.63) is 53.5 Å². The quantitative estimate of drug-likeness (QED) is 0.915. The van der Waals surface area contributed by atoms with Crippen molar-refractivity contribution in [2.45, 2.75) is 19.3 Å². The average Bonchev–Trinajstić information content (AvgIpc) is 2.48. The third kappa shape index (κ3) is 3.02. The van der Waals surface area contributed by atoms with Crippen LogP contribution in [0.3, 0.4) is 0 Å². The van der Waals surface area contributed by atoms with Crippen molar-refractivity contribution in [1.82, 2.24) is 9.97 Å². The van der Waals surface area contributed by atoms with Gasteiger partial charge in [0.15, 0.2) is 5.69 Å². The second-order valence-electron chi connectivity index (χ2n) is 5.17. The first-order valence-electron chi connectivity index (χ1n) is 7.11. The fourth-order valence-electron chi connectivity index (χ4n) is 2.70. The number of aryl methyl sites for hydroxylation is 1. The summed E-state index contributed by atoms with van der Waals surface area (Å²) < 4.78 is 0. The molecule has 0 spiro atoms. The van der Waals surface area contributed by atoms with E-state index in [1.807, 2.05) is 0 Å². The van der Waals surface area contributed by atoms with Crippen molar-refractivity contribution in [2.75, 3.05) is 18.0 Å². The third-order valence-electron chi connectivity index (χ3n) is 3.82. The summed E-state index contributed by atoms with van der Waals surface area (Å²) in [5.41, 5.74) is 2.80. The maximum absolute atomic E-state index is 10.8. The van der Waals surface area contributed by atoms with Crippen LogP contribution in [-0.2, 0) is 12.8 Å². The topological polar surface area (TPSA) is 66.3 Å². The molecule has 0 saturated heterocycles. The highest BCUT2D eigenvalue weighted by Crippen LogP contribution is 2.18. The fraction of sp³-hybridized carbons (Fsp3) is 0.312. The first-order chi connectivity index (χ1) is 10.2. The van der Waals surface area contributed by atoms with Crippen molar-refractivity contribution in [3.63, 3.8) is 0 Å². The SMILES string of the molecule is O=C(O)c1cnc(N2CCCc3ccccc3CC2)cn1. The van der Waals surface area contributed by atoms with Crippen LogP contribution in [0.5, 0.6) is 0 Å². The molecule has 3 rings (SSSR count). The van der Waals surface area contributed by atoms with Crippen LogP contribution < -0.4 is 4.90 Å². The van der Waals surface area contributed by atoms with E-state index in [1.165, 1.54) is 17.3 Å². The number of carboxylic acids is 1. The molecule has 1 aromatic carbocycles. The number of fused-ring (bicyclic) bond motifs is 1. The van der Waals surface area contributed by atoms with E-state index >= 15 is 0 Å². The molecule has 0 radical (unpaired) electrons. The van der Waals surface area contributed by atoms with Crippen LogP contribution in [0.15, 0.2) is 36.7 Å². The number of benzene rings is 1. The number of anilines is 1. The van der Waals surface area contributed by atoms with E-state index in [4.69, 9.17) is 5.11 Å². The van der Waals surface area contributed by atoms with Gasteiger partial charge in [0.05, 0.1) is 12.4 Å². The Morgan fingerprint density at radius 2 is 1.81 bits per heavy atom. The molecule has 0 amide bonds. The average molecular weight is 283 g/mol. The van der Waals surface area contributed by atoms with Crippen LogP contribution in [0, 0.1) is 0 Å². The fourth-order valence-corrected chi connectivity index (χ4v) is 2.70. The van der Waals surface area contributed by atoms with Crippen molar-refractivity contribution in [3.8, 4) is 0 Å². The zero-order chi connectivity index (χ0) is 14.7. The number of nitrogens with zero attached hydrogens (tertiary/aromatic N) is 3.